The molecule has 2 heteroatoms. The second kappa shape index (κ2) is 3.91. The topological polar surface area (TPSA) is 30.2 Å². The van der Waals surface area contributed by atoms with E-state index in [2.05, 4.69) is 0 Å². The van der Waals surface area contributed by atoms with E-state index in [0.717, 1.165) is 16.5 Å². The van der Waals surface area contributed by atoms with Gasteiger partial charge in [-0.05, 0) is 17.0 Å². The van der Waals surface area contributed by atoms with Crippen molar-refractivity contribution in [3.8, 4) is 11.1 Å². The summed E-state index contributed by atoms with van der Waals surface area (Å²) in [6, 6.07) is 17.4. The number of benzene rings is 2. The third-order valence-corrected chi connectivity index (χ3v) is 2.81. The molecule has 3 aromatic rings. The molecular formula is C15H10O2. The van der Waals surface area contributed by atoms with Gasteiger partial charge in [-0.15, -0.1) is 0 Å². The van der Waals surface area contributed by atoms with Gasteiger partial charge in [0.2, 0.25) is 0 Å². The fourth-order valence-electron chi connectivity index (χ4n) is 1.98. The van der Waals surface area contributed by atoms with Crippen LogP contribution in [0.1, 0.15) is 0 Å². The van der Waals surface area contributed by atoms with Crippen molar-refractivity contribution >= 4 is 10.8 Å². The maximum atomic E-state index is 11.6. The Morgan fingerprint density at radius 2 is 1.41 bits per heavy atom. The first-order valence-corrected chi connectivity index (χ1v) is 5.42. The summed E-state index contributed by atoms with van der Waals surface area (Å²) < 4.78 is 5.07. The maximum Gasteiger partial charge on any atom is 0.343 e. The minimum absolute atomic E-state index is 0.291. The zero-order chi connectivity index (χ0) is 11.7. The van der Waals surface area contributed by atoms with E-state index in [-0.39, 0.29) is 5.63 Å². The molecule has 0 bridgehead atoms. The number of hydrogen-bond donors (Lipinski definition) is 0. The van der Waals surface area contributed by atoms with E-state index >= 15 is 0 Å². The first-order valence-electron chi connectivity index (χ1n) is 5.42. The summed E-state index contributed by atoms with van der Waals surface area (Å²) in [5.41, 5.74) is 1.70. The fraction of sp³-hybridized carbons (Fsp3) is 0. The van der Waals surface area contributed by atoms with Crippen LogP contribution in [0.2, 0.25) is 0 Å². The van der Waals surface area contributed by atoms with E-state index in [4.69, 9.17) is 4.42 Å². The number of hydrogen-bond acceptors (Lipinski definition) is 2. The summed E-state index contributed by atoms with van der Waals surface area (Å²) in [6.07, 6.45) is 1.53. The third-order valence-electron chi connectivity index (χ3n) is 2.81. The fourth-order valence-corrected chi connectivity index (χ4v) is 1.98. The van der Waals surface area contributed by atoms with Crippen LogP contribution in [0.5, 0.6) is 0 Å². The summed E-state index contributed by atoms with van der Waals surface area (Å²) in [6.45, 7) is 0. The van der Waals surface area contributed by atoms with Gasteiger partial charge in [0.05, 0.1) is 5.39 Å². The average molecular weight is 222 g/mol. The summed E-state index contributed by atoms with van der Waals surface area (Å²) in [4.78, 5) is 11.6. The van der Waals surface area contributed by atoms with Gasteiger partial charge in [-0.3, -0.25) is 0 Å². The van der Waals surface area contributed by atoms with Gasteiger partial charge in [0, 0.05) is 5.56 Å². The Labute approximate surface area is 98.1 Å². The predicted molar refractivity (Wildman–Crippen MR) is 67.9 cm³/mol. The molecule has 0 N–H and O–H groups in total. The summed E-state index contributed by atoms with van der Waals surface area (Å²) in [5, 5.41) is 1.55. The van der Waals surface area contributed by atoms with Crippen molar-refractivity contribution in [1.82, 2.24) is 0 Å². The molecule has 17 heavy (non-hydrogen) atoms. The van der Waals surface area contributed by atoms with Gasteiger partial charge in [-0.25, -0.2) is 4.79 Å². The highest BCUT2D eigenvalue weighted by Crippen LogP contribution is 2.26. The Kier molecular flexibility index (Phi) is 2.26. The highest BCUT2D eigenvalue weighted by molar-refractivity contribution is 5.95. The summed E-state index contributed by atoms with van der Waals surface area (Å²) in [5.74, 6) is 0. The Bertz CT molecular complexity index is 712. The standard InChI is InChI=1S/C15H10O2/c16-15-13-9-5-4-8-12(13)14(10-17-15)11-6-2-1-3-7-11/h1-10H. The third kappa shape index (κ3) is 1.64. The molecule has 2 aromatic carbocycles. The lowest BCUT2D eigenvalue weighted by Gasteiger charge is -2.04. The van der Waals surface area contributed by atoms with Crippen molar-refractivity contribution in [2.24, 2.45) is 0 Å². The van der Waals surface area contributed by atoms with Crippen molar-refractivity contribution in [2.75, 3.05) is 0 Å². The molecule has 0 aliphatic heterocycles. The molecule has 0 aliphatic rings. The van der Waals surface area contributed by atoms with Crippen molar-refractivity contribution in [2.45, 2.75) is 0 Å². The van der Waals surface area contributed by atoms with Crippen molar-refractivity contribution in [1.29, 1.82) is 0 Å². The van der Waals surface area contributed by atoms with Crippen molar-refractivity contribution < 1.29 is 4.42 Å². The van der Waals surface area contributed by atoms with Gasteiger partial charge in [-0.1, -0.05) is 48.5 Å². The molecular weight excluding hydrogens is 212 g/mol. The summed E-state index contributed by atoms with van der Waals surface area (Å²) in [7, 11) is 0. The lowest BCUT2D eigenvalue weighted by Crippen LogP contribution is -1.99. The first kappa shape index (κ1) is 9.85. The Morgan fingerprint density at radius 3 is 2.18 bits per heavy atom. The van der Waals surface area contributed by atoms with Crippen LogP contribution in [0.15, 0.2) is 70.1 Å². The van der Waals surface area contributed by atoms with Crippen LogP contribution in [-0.2, 0) is 0 Å². The molecule has 0 spiro atoms. The van der Waals surface area contributed by atoms with Crippen LogP contribution in [0, 0.1) is 0 Å². The second-order valence-electron chi connectivity index (χ2n) is 3.85. The zero-order valence-corrected chi connectivity index (χ0v) is 9.09. The zero-order valence-electron chi connectivity index (χ0n) is 9.09. The lowest BCUT2D eigenvalue weighted by molar-refractivity contribution is 0.521. The van der Waals surface area contributed by atoms with E-state index in [9.17, 15) is 4.79 Å². The van der Waals surface area contributed by atoms with E-state index < -0.39 is 0 Å². The number of fused-ring (bicyclic) bond motifs is 1. The van der Waals surface area contributed by atoms with E-state index in [1.165, 1.54) is 6.26 Å². The van der Waals surface area contributed by atoms with Crippen LogP contribution >= 0.6 is 0 Å². The quantitative estimate of drug-likeness (QED) is 0.631. The average Bonchev–Trinajstić information content (AvgIpc) is 2.41. The van der Waals surface area contributed by atoms with E-state index in [1.54, 1.807) is 6.07 Å². The monoisotopic (exact) mass is 222 g/mol. The van der Waals surface area contributed by atoms with Gasteiger partial charge in [0.25, 0.3) is 0 Å². The highest BCUT2D eigenvalue weighted by Gasteiger charge is 2.06. The maximum absolute atomic E-state index is 11.6. The van der Waals surface area contributed by atoms with Crippen molar-refractivity contribution in [3.63, 3.8) is 0 Å². The van der Waals surface area contributed by atoms with Gasteiger partial charge < -0.3 is 4.42 Å². The lowest BCUT2D eigenvalue weighted by atomic mass is 10.0. The molecule has 0 aliphatic carbocycles. The molecule has 0 amide bonds. The molecule has 0 saturated heterocycles. The van der Waals surface area contributed by atoms with Gasteiger partial charge in [-0.2, -0.15) is 0 Å². The second-order valence-corrected chi connectivity index (χ2v) is 3.85. The highest BCUT2D eigenvalue weighted by atomic mass is 16.4. The molecule has 1 aromatic heterocycles. The molecule has 0 radical (unpaired) electrons. The number of rotatable bonds is 1. The Hall–Kier alpha value is -2.35. The Morgan fingerprint density at radius 1 is 0.765 bits per heavy atom. The molecule has 0 atom stereocenters. The predicted octanol–water partition coefficient (Wildman–Crippen LogP) is 3.46. The molecule has 0 fully saturated rings. The van der Waals surface area contributed by atoms with Crippen LogP contribution in [0.25, 0.3) is 21.9 Å². The summed E-state index contributed by atoms with van der Waals surface area (Å²) >= 11 is 0. The van der Waals surface area contributed by atoms with Crippen LogP contribution < -0.4 is 5.63 Å². The van der Waals surface area contributed by atoms with Gasteiger partial charge in [0.1, 0.15) is 6.26 Å². The van der Waals surface area contributed by atoms with Crippen molar-refractivity contribution in [3.05, 3.63) is 71.3 Å². The SMILES string of the molecule is O=c1occ(-c2ccccc2)c2ccccc12. The molecule has 3 rings (SSSR count). The molecule has 1 heterocycles. The first-order chi connectivity index (χ1) is 8.36. The van der Waals surface area contributed by atoms with E-state index in [0.29, 0.717) is 5.39 Å². The minimum Gasteiger partial charge on any atom is -0.430 e. The molecule has 82 valence electrons. The Balaban J connectivity index is 2.39. The van der Waals surface area contributed by atoms with Crippen LogP contribution in [-0.4, -0.2) is 0 Å². The van der Waals surface area contributed by atoms with Gasteiger partial charge in [0.15, 0.2) is 0 Å². The molecule has 0 unspecified atom stereocenters. The molecule has 0 saturated carbocycles. The van der Waals surface area contributed by atoms with Crippen LogP contribution in [0.3, 0.4) is 0 Å². The smallest absolute Gasteiger partial charge is 0.343 e. The van der Waals surface area contributed by atoms with E-state index in [1.807, 2.05) is 48.5 Å². The van der Waals surface area contributed by atoms with Gasteiger partial charge >= 0.3 is 5.63 Å². The minimum atomic E-state index is -0.291. The van der Waals surface area contributed by atoms with Crippen LogP contribution in [0.4, 0.5) is 0 Å². The normalized spacial score (nSPS) is 10.6. The largest absolute Gasteiger partial charge is 0.430 e. The molecule has 2 nitrogen and oxygen atoms in total.